The summed E-state index contributed by atoms with van der Waals surface area (Å²) in [6.07, 6.45) is -1.29. The van der Waals surface area contributed by atoms with E-state index in [2.05, 4.69) is 0 Å². The highest BCUT2D eigenvalue weighted by Gasteiger charge is 2.32. The normalized spacial score (nSPS) is 13.4. The van der Waals surface area contributed by atoms with E-state index in [0.29, 0.717) is 0 Å². The van der Waals surface area contributed by atoms with E-state index in [1.165, 1.54) is 7.05 Å². The van der Waals surface area contributed by atoms with Crippen LogP contribution in [-0.4, -0.2) is 47.7 Å². The second-order valence-corrected chi connectivity index (χ2v) is 6.44. The molecule has 0 saturated heterocycles. The number of carbonyl (C=O) groups excluding carboxylic acids is 2. The number of likely N-dealkylation sites (N-methyl/N-ethyl adjacent to an activating group) is 1. The Kier molecular flexibility index (Phi) is 5.12. The van der Waals surface area contributed by atoms with Gasteiger partial charge in [0.25, 0.3) is 0 Å². The molecular formula is C20H20N2O5. The first-order valence-electron chi connectivity index (χ1n) is 8.49. The van der Waals surface area contributed by atoms with Crippen LogP contribution in [0, 0.1) is 0 Å². The molecule has 7 heteroatoms. The van der Waals surface area contributed by atoms with Gasteiger partial charge >= 0.3 is 12.1 Å². The largest absolute Gasteiger partial charge is 0.480 e. The van der Waals surface area contributed by atoms with Crippen LogP contribution in [0.4, 0.5) is 4.79 Å². The number of carboxylic acid groups (broad SMARTS) is 1. The zero-order valence-electron chi connectivity index (χ0n) is 14.8. The smallest absolute Gasteiger partial charge is 0.410 e. The predicted molar refractivity (Wildman–Crippen MR) is 98.1 cm³/mol. The molecule has 0 bridgehead atoms. The molecule has 2 amide bonds. The monoisotopic (exact) mass is 368 g/mol. The van der Waals surface area contributed by atoms with Crippen molar-refractivity contribution in [3.63, 3.8) is 0 Å². The number of hydrogen-bond acceptors (Lipinski definition) is 4. The summed E-state index contributed by atoms with van der Waals surface area (Å²) in [6, 6.07) is 14.4. The highest BCUT2D eigenvalue weighted by atomic mass is 16.6. The molecule has 3 rings (SSSR count). The molecule has 27 heavy (non-hydrogen) atoms. The summed E-state index contributed by atoms with van der Waals surface area (Å²) in [5.74, 6) is -2.25. The number of carboxylic acids is 1. The van der Waals surface area contributed by atoms with E-state index in [1.807, 2.05) is 48.5 Å². The zero-order valence-corrected chi connectivity index (χ0v) is 14.8. The molecule has 0 radical (unpaired) electrons. The van der Waals surface area contributed by atoms with E-state index in [-0.39, 0.29) is 12.5 Å². The minimum Gasteiger partial charge on any atom is -0.480 e. The topological polar surface area (TPSA) is 110 Å². The number of carbonyl (C=O) groups is 3. The molecule has 7 nitrogen and oxygen atoms in total. The SMILES string of the molecule is CN(C(=O)OCC1c2ccccc2-c2ccccc21)C(CC(N)=O)C(=O)O. The van der Waals surface area contributed by atoms with Crippen molar-refractivity contribution in [3.8, 4) is 11.1 Å². The summed E-state index contributed by atoms with van der Waals surface area (Å²) in [6.45, 7) is 0.0696. The van der Waals surface area contributed by atoms with E-state index in [4.69, 9.17) is 10.5 Å². The van der Waals surface area contributed by atoms with Gasteiger partial charge in [0.1, 0.15) is 12.6 Å². The molecule has 1 aliphatic rings. The lowest BCUT2D eigenvalue weighted by Crippen LogP contribution is -2.45. The van der Waals surface area contributed by atoms with Gasteiger partial charge in [0.2, 0.25) is 5.91 Å². The van der Waals surface area contributed by atoms with E-state index >= 15 is 0 Å². The van der Waals surface area contributed by atoms with Crippen molar-refractivity contribution in [2.75, 3.05) is 13.7 Å². The summed E-state index contributed by atoms with van der Waals surface area (Å²) in [5.41, 5.74) is 9.37. The highest BCUT2D eigenvalue weighted by molar-refractivity contribution is 5.86. The van der Waals surface area contributed by atoms with Gasteiger partial charge in [0.15, 0.2) is 0 Å². The fourth-order valence-electron chi connectivity index (χ4n) is 3.40. The number of nitrogens with zero attached hydrogens (tertiary/aromatic N) is 1. The average Bonchev–Trinajstić information content (AvgIpc) is 2.97. The molecule has 1 aliphatic carbocycles. The third-order valence-electron chi connectivity index (χ3n) is 4.77. The second kappa shape index (κ2) is 7.49. The molecule has 0 spiro atoms. The molecule has 2 aromatic rings. The van der Waals surface area contributed by atoms with Gasteiger partial charge in [-0.2, -0.15) is 0 Å². The number of nitrogens with two attached hydrogens (primary N) is 1. The molecule has 2 aromatic carbocycles. The molecule has 0 aliphatic heterocycles. The maximum atomic E-state index is 12.3. The highest BCUT2D eigenvalue weighted by Crippen LogP contribution is 2.44. The molecule has 0 saturated carbocycles. The third-order valence-corrected chi connectivity index (χ3v) is 4.77. The fourth-order valence-corrected chi connectivity index (χ4v) is 3.40. The van der Waals surface area contributed by atoms with Crippen LogP contribution in [0.1, 0.15) is 23.5 Å². The predicted octanol–water partition coefficient (Wildman–Crippen LogP) is 2.20. The fraction of sp³-hybridized carbons (Fsp3) is 0.250. The molecule has 1 atom stereocenters. The standard InChI is InChI=1S/C20H20N2O5/c1-22(17(19(24)25)10-18(21)23)20(26)27-11-16-14-8-4-2-6-12(14)13-7-3-5-9-15(13)16/h2-9,16-17H,10-11H2,1H3,(H2,21,23)(H,24,25). The van der Waals surface area contributed by atoms with E-state index < -0.39 is 30.4 Å². The van der Waals surface area contributed by atoms with Gasteiger partial charge in [-0.1, -0.05) is 48.5 Å². The quantitative estimate of drug-likeness (QED) is 0.812. The van der Waals surface area contributed by atoms with E-state index in [9.17, 15) is 19.5 Å². The Morgan fingerprint density at radius 2 is 1.59 bits per heavy atom. The minimum atomic E-state index is -1.36. The Morgan fingerprint density at radius 1 is 1.07 bits per heavy atom. The Morgan fingerprint density at radius 3 is 2.07 bits per heavy atom. The lowest BCUT2D eigenvalue weighted by atomic mass is 9.98. The Hall–Kier alpha value is -3.35. The van der Waals surface area contributed by atoms with Crippen LogP contribution in [0.5, 0.6) is 0 Å². The van der Waals surface area contributed by atoms with Crippen molar-refractivity contribution in [3.05, 3.63) is 59.7 Å². The van der Waals surface area contributed by atoms with Crippen LogP contribution < -0.4 is 5.73 Å². The Balaban J connectivity index is 1.75. The number of rotatable bonds is 6. The number of hydrogen-bond donors (Lipinski definition) is 2. The zero-order chi connectivity index (χ0) is 19.6. The number of benzene rings is 2. The van der Waals surface area contributed by atoms with Crippen LogP contribution in [0.15, 0.2) is 48.5 Å². The van der Waals surface area contributed by atoms with Gasteiger partial charge in [0.05, 0.1) is 6.42 Å². The Bertz CT molecular complexity index is 850. The van der Waals surface area contributed by atoms with Gasteiger partial charge in [-0.05, 0) is 22.3 Å². The summed E-state index contributed by atoms with van der Waals surface area (Å²) >= 11 is 0. The first kappa shape index (κ1) is 18.4. The molecule has 0 heterocycles. The molecule has 1 unspecified atom stereocenters. The lowest BCUT2D eigenvalue weighted by Gasteiger charge is -2.24. The maximum Gasteiger partial charge on any atom is 0.410 e. The number of fused-ring (bicyclic) bond motifs is 3. The maximum absolute atomic E-state index is 12.3. The van der Waals surface area contributed by atoms with Gasteiger partial charge in [-0.15, -0.1) is 0 Å². The van der Waals surface area contributed by atoms with Crippen molar-refractivity contribution in [1.29, 1.82) is 0 Å². The number of ether oxygens (including phenoxy) is 1. The first-order chi connectivity index (χ1) is 12.9. The van der Waals surface area contributed by atoms with Crippen molar-refractivity contribution < 1.29 is 24.2 Å². The summed E-state index contributed by atoms with van der Waals surface area (Å²) < 4.78 is 5.39. The van der Waals surface area contributed by atoms with Gasteiger partial charge < -0.3 is 15.6 Å². The Labute approximate surface area is 156 Å². The molecular weight excluding hydrogens is 348 g/mol. The van der Waals surface area contributed by atoms with Crippen molar-refractivity contribution in [1.82, 2.24) is 4.90 Å². The molecule has 3 N–H and O–H groups in total. The number of primary amides is 1. The van der Waals surface area contributed by atoms with Crippen LogP contribution in [0.3, 0.4) is 0 Å². The van der Waals surface area contributed by atoms with Gasteiger partial charge in [-0.25, -0.2) is 9.59 Å². The van der Waals surface area contributed by atoms with Crippen LogP contribution >= 0.6 is 0 Å². The summed E-state index contributed by atoms with van der Waals surface area (Å²) in [7, 11) is 1.28. The van der Waals surface area contributed by atoms with Crippen LogP contribution in [0.25, 0.3) is 11.1 Å². The third kappa shape index (κ3) is 3.62. The lowest BCUT2D eigenvalue weighted by molar-refractivity contribution is -0.144. The number of amides is 2. The minimum absolute atomic E-state index is 0.0696. The summed E-state index contributed by atoms with van der Waals surface area (Å²) in [4.78, 5) is 35.6. The number of aliphatic carboxylic acids is 1. The van der Waals surface area contributed by atoms with E-state index in [1.54, 1.807) is 0 Å². The van der Waals surface area contributed by atoms with Gasteiger partial charge in [0, 0.05) is 13.0 Å². The second-order valence-electron chi connectivity index (χ2n) is 6.44. The average molecular weight is 368 g/mol. The molecule has 0 aromatic heterocycles. The van der Waals surface area contributed by atoms with Crippen LogP contribution in [0.2, 0.25) is 0 Å². The first-order valence-corrected chi connectivity index (χ1v) is 8.49. The molecule has 0 fully saturated rings. The van der Waals surface area contributed by atoms with Crippen molar-refractivity contribution >= 4 is 18.0 Å². The van der Waals surface area contributed by atoms with Gasteiger partial charge in [-0.3, -0.25) is 9.69 Å². The van der Waals surface area contributed by atoms with Crippen LogP contribution in [-0.2, 0) is 14.3 Å². The summed E-state index contributed by atoms with van der Waals surface area (Å²) in [5, 5.41) is 9.22. The van der Waals surface area contributed by atoms with E-state index in [0.717, 1.165) is 27.2 Å². The molecule has 140 valence electrons. The van der Waals surface area contributed by atoms with Crippen molar-refractivity contribution in [2.24, 2.45) is 5.73 Å². The van der Waals surface area contributed by atoms with Crippen molar-refractivity contribution in [2.45, 2.75) is 18.4 Å².